The third-order valence-corrected chi connectivity index (χ3v) is 1.96. The first-order valence-electron chi connectivity index (χ1n) is 5.15. The summed E-state index contributed by atoms with van der Waals surface area (Å²) in [6.45, 7) is 5.18. The number of amides is 2. The molecule has 4 nitrogen and oxygen atoms in total. The van der Waals surface area contributed by atoms with Crippen LogP contribution in [-0.4, -0.2) is 17.6 Å². The molecule has 1 rings (SSSR count). The van der Waals surface area contributed by atoms with Gasteiger partial charge in [0, 0.05) is 25.0 Å². The normalized spacial score (nSPS) is 9.73. The van der Waals surface area contributed by atoms with E-state index in [1.807, 2.05) is 26.0 Å². The number of carbonyl (C=O) groups is 1. The van der Waals surface area contributed by atoms with Gasteiger partial charge in [0.15, 0.2) is 0 Å². The number of pyridine rings is 1. The van der Waals surface area contributed by atoms with Gasteiger partial charge in [-0.25, -0.2) is 4.79 Å². The van der Waals surface area contributed by atoms with Crippen LogP contribution in [0, 0.1) is 6.92 Å². The SMILES string of the molecule is CCCNC(=O)NCc1ccc(C)nc1. The van der Waals surface area contributed by atoms with Crippen LogP contribution < -0.4 is 10.6 Å². The topological polar surface area (TPSA) is 54.0 Å². The molecule has 0 atom stereocenters. The number of urea groups is 1. The maximum Gasteiger partial charge on any atom is 0.315 e. The number of aryl methyl sites for hydroxylation is 1. The standard InChI is InChI=1S/C11H17N3O/c1-3-6-12-11(15)14-8-10-5-4-9(2)13-7-10/h4-5,7H,3,6,8H2,1-2H3,(H2,12,14,15). The van der Waals surface area contributed by atoms with E-state index in [9.17, 15) is 4.79 Å². The monoisotopic (exact) mass is 207 g/mol. The van der Waals surface area contributed by atoms with Gasteiger partial charge >= 0.3 is 6.03 Å². The van der Waals surface area contributed by atoms with E-state index in [1.54, 1.807) is 6.20 Å². The Kier molecular flexibility index (Phi) is 4.60. The van der Waals surface area contributed by atoms with E-state index in [0.29, 0.717) is 13.1 Å². The highest BCUT2D eigenvalue weighted by atomic mass is 16.2. The molecule has 0 unspecified atom stereocenters. The first-order chi connectivity index (χ1) is 7.22. The predicted octanol–water partition coefficient (Wildman–Crippen LogP) is 1.60. The molecule has 4 heteroatoms. The summed E-state index contributed by atoms with van der Waals surface area (Å²) in [5.41, 5.74) is 1.99. The average molecular weight is 207 g/mol. The van der Waals surface area contributed by atoms with Crippen LogP contribution in [0.4, 0.5) is 4.79 Å². The molecule has 0 saturated carbocycles. The van der Waals surface area contributed by atoms with E-state index in [-0.39, 0.29) is 6.03 Å². The summed E-state index contributed by atoms with van der Waals surface area (Å²) in [4.78, 5) is 15.3. The summed E-state index contributed by atoms with van der Waals surface area (Å²) < 4.78 is 0. The van der Waals surface area contributed by atoms with Crippen molar-refractivity contribution >= 4 is 6.03 Å². The summed E-state index contributed by atoms with van der Waals surface area (Å²) in [6.07, 6.45) is 2.72. The zero-order valence-corrected chi connectivity index (χ0v) is 9.21. The Morgan fingerprint density at radius 3 is 2.80 bits per heavy atom. The van der Waals surface area contributed by atoms with Gasteiger partial charge in [0.2, 0.25) is 0 Å². The van der Waals surface area contributed by atoms with Gasteiger partial charge in [0.1, 0.15) is 0 Å². The summed E-state index contributed by atoms with van der Waals surface area (Å²) >= 11 is 0. The van der Waals surface area contributed by atoms with Crippen molar-refractivity contribution in [2.24, 2.45) is 0 Å². The van der Waals surface area contributed by atoms with Crippen LogP contribution in [-0.2, 0) is 6.54 Å². The molecule has 0 spiro atoms. The maximum atomic E-state index is 11.2. The van der Waals surface area contributed by atoms with Crippen LogP contribution >= 0.6 is 0 Å². The molecule has 2 amide bonds. The van der Waals surface area contributed by atoms with Crippen LogP contribution in [0.2, 0.25) is 0 Å². The lowest BCUT2D eigenvalue weighted by atomic mass is 10.2. The Labute approximate surface area is 90.1 Å². The molecule has 1 aromatic rings. The third-order valence-electron chi connectivity index (χ3n) is 1.96. The number of nitrogens with zero attached hydrogens (tertiary/aromatic N) is 1. The lowest BCUT2D eigenvalue weighted by molar-refractivity contribution is 0.240. The fourth-order valence-electron chi connectivity index (χ4n) is 1.09. The largest absolute Gasteiger partial charge is 0.338 e. The maximum absolute atomic E-state index is 11.2. The number of aromatic nitrogens is 1. The number of rotatable bonds is 4. The van der Waals surface area contributed by atoms with Gasteiger partial charge in [-0.1, -0.05) is 13.0 Å². The summed E-state index contributed by atoms with van der Waals surface area (Å²) in [7, 11) is 0. The number of hydrogen-bond donors (Lipinski definition) is 2. The van der Waals surface area contributed by atoms with Crippen molar-refractivity contribution in [3.63, 3.8) is 0 Å². The lowest BCUT2D eigenvalue weighted by Gasteiger charge is -2.06. The lowest BCUT2D eigenvalue weighted by Crippen LogP contribution is -2.35. The van der Waals surface area contributed by atoms with Crippen molar-refractivity contribution in [1.29, 1.82) is 0 Å². The highest BCUT2D eigenvalue weighted by Crippen LogP contribution is 1.98. The van der Waals surface area contributed by atoms with E-state index < -0.39 is 0 Å². The molecule has 0 aliphatic heterocycles. The Hall–Kier alpha value is -1.58. The van der Waals surface area contributed by atoms with Gasteiger partial charge in [0.05, 0.1) is 0 Å². The van der Waals surface area contributed by atoms with E-state index in [0.717, 1.165) is 17.7 Å². The van der Waals surface area contributed by atoms with Crippen LogP contribution in [0.1, 0.15) is 24.6 Å². The van der Waals surface area contributed by atoms with Gasteiger partial charge < -0.3 is 10.6 Å². The van der Waals surface area contributed by atoms with Gasteiger partial charge in [-0.3, -0.25) is 4.98 Å². The minimum Gasteiger partial charge on any atom is -0.338 e. The zero-order valence-electron chi connectivity index (χ0n) is 9.21. The average Bonchev–Trinajstić information content (AvgIpc) is 2.25. The minimum absolute atomic E-state index is 0.127. The quantitative estimate of drug-likeness (QED) is 0.788. The Bertz CT molecular complexity index is 308. The summed E-state index contributed by atoms with van der Waals surface area (Å²) in [5.74, 6) is 0. The van der Waals surface area contributed by atoms with Crippen molar-refractivity contribution in [3.05, 3.63) is 29.6 Å². The van der Waals surface area contributed by atoms with Gasteiger partial charge in [0.25, 0.3) is 0 Å². The van der Waals surface area contributed by atoms with E-state index >= 15 is 0 Å². The summed E-state index contributed by atoms with van der Waals surface area (Å²) in [6, 6.07) is 3.76. The van der Waals surface area contributed by atoms with Crippen molar-refractivity contribution in [2.45, 2.75) is 26.8 Å². The molecule has 82 valence electrons. The second kappa shape index (κ2) is 6.01. The molecule has 1 heterocycles. The highest BCUT2D eigenvalue weighted by molar-refractivity contribution is 5.73. The van der Waals surface area contributed by atoms with Crippen LogP contribution in [0.3, 0.4) is 0 Å². The molecule has 2 N–H and O–H groups in total. The molecule has 0 bridgehead atoms. The molecule has 0 radical (unpaired) electrons. The van der Waals surface area contributed by atoms with Crippen molar-refractivity contribution in [1.82, 2.24) is 15.6 Å². The van der Waals surface area contributed by atoms with Crippen molar-refractivity contribution < 1.29 is 4.79 Å². The first kappa shape index (κ1) is 11.5. The Balaban J connectivity index is 2.30. The first-order valence-corrected chi connectivity index (χ1v) is 5.15. The minimum atomic E-state index is -0.127. The van der Waals surface area contributed by atoms with Gasteiger partial charge in [-0.05, 0) is 25.0 Å². The fraction of sp³-hybridized carbons (Fsp3) is 0.455. The van der Waals surface area contributed by atoms with Crippen molar-refractivity contribution in [3.8, 4) is 0 Å². The van der Waals surface area contributed by atoms with E-state index in [2.05, 4.69) is 15.6 Å². The molecule has 0 aromatic carbocycles. The smallest absolute Gasteiger partial charge is 0.315 e. The zero-order chi connectivity index (χ0) is 11.1. The molecule has 0 fully saturated rings. The van der Waals surface area contributed by atoms with E-state index in [4.69, 9.17) is 0 Å². The van der Waals surface area contributed by atoms with Gasteiger partial charge in [-0.2, -0.15) is 0 Å². The van der Waals surface area contributed by atoms with Gasteiger partial charge in [-0.15, -0.1) is 0 Å². The van der Waals surface area contributed by atoms with Crippen LogP contribution in [0.25, 0.3) is 0 Å². The Morgan fingerprint density at radius 1 is 1.40 bits per heavy atom. The third kappa shape index (κ3) is 4.44. The molecule has 0 aliphatic rings. The number of carbonyl (C=O) groups excluding carboxylic acids is 1. The number of nitrogens with one attached hydrogen (secondary N) is 2. The molecular formula is C11H17N3O. The highest BCUT2D eigenvalue weighted by Gasteiger charge is 1.98. The Morgan fingerprint density at radius 2 is 2.20 bits per heavy atom. The second-order valence-corrected chi connectivity index (χ2v) is 3.42. The fourth-order valence-corrected chi connectivity index (χ4v) is 1.09. The van der Waals surface area contributed by atoms with Crippen molar-refractivity contribution in [2.75, 3.05) is 6.54 Å². The van der Waals surface area contributed by atoms with E-state index in [1.165, 1.54) is 0 Å². The van der Waals surface area contributed by atoms with Crippen LogP contribution in [0.15, 0.2) is 18.3 Å². The summed E-state index contributed by atoms with van der Waals surface area (Å²) in [5, 5.41) is 5.51. The second-order valence-electron chi connectivity index (χ2n) is 3.42. The molecule has 1 aromatic heterocycles. The molecular weight excluding hydrogens is 190 g/mol. The molecule has 0 saturated heterocycles. The molecule has 0 aliphatic carbocycles. The molecule has 15 heavy (non-hydrogen) atoms. The number of hydrogen-bond acceptors (Lipinski definition) is 2. The van der Waals surface area contributed by atoms with Crippen LogP contribution in [0.5, 0.6) is 0 Å². The predicted molar refractivity (Wildman–Crippen MR) is 59.5 cm³/mol.